The molecule has 1 N–H and O–H groups in total. The molecule has 0 unspecified atom stereocenters. The zero-order chi connectivity index (χ0) is 18.2. The third-order valence-electron chi connectivity index (χ3n) is 5.97. The summed E-state index contributed by atoms with van der Waals surface area (Å²) in [5, 5.41) is 3.11. The lowest BCUT2D eigenvalue weighted by molar-refractivity contribution is -0.121. The number of nitrogens with one attached hydrogen (secondary N) is 1. The van der Waals surface area contributed by atoms with E-state index in [0.717, 1.165) is 64.4 Å². The smallest absolute Gasteiger partial charge is 0.220 e. The Bertz CT molecular complexity index is 560. The lowest BCUT2D eigenvalue weighted by atomic mass is 10.0. The Balaban J connectivity index is 1.25. The fourth-order valence-corrected chi connectivity index (χ4v) is 4.31. The van der Waals surface area contributed by atoms with E-state index in [4.69, 9.17) is 0 Å². The molecule has 26 heavy (non-hydrogen) atoms. The lowest BCUT2D eigenvalue weighted by Crippen LogP contribution is -2.47. The second kappa shape index (κ2) is 9.96. The molecular weight excluding hydrogens is 322 g/mol. The van der Waals surface area contributed by atoms with Crippen molar-refractivity contribution in [2.24, 2.45) is 5.92 Å². The molecule has 1 heterocycles. The molecule has 0 aromatic heterocycles. The van der Waals surface area contributed by atoms with E-state index < -0.39 is 0 Å². The van der Waals surface area contributed by atoms with Crippen LogP contribution >= 0.6 is 0 Å². The molecular formula is C22H35N3O. The summed E-state index contributed by atoms with van der Waals surface area (Å²) >= 11 is 0. The first-order valence-corrected chi connectivity index (χ1v) is 10.5. The van der Waals surface area contributed by atoms with Gasteiger partial charge in [0.1, 0.15) is 0 Å². The van der Waals surface area contributed by atoms with Crippen LogP contribution in [0.1, 0.15) is 50.5 Å². The number of hydrogen-bond acceptors (Lipinski definition) is 3. The molecule has 4 nitrogen and oxygen atoms in total. The van der Waals surface area contributed by atoms with Gasteiger partial charge in [-0.15, -0.1) is 0 Å². The van der Waals surface area contributed by atoms with E-state index in [2.05, 4.69) is 46.3 Å². The Morgan fingerprint density at radius 2 is 1.92 bits per heavy atom. The summed E-state index contributed by atoms with van der Waals surface area (Å²) < 4.78 is 0. The summed E-state index contributed by atoms with van der Waals surface area (Å²) in [6.45, 7) is 8.48. The van der Waals surface area contributed by atoms with Gasteiger partial charge in [0.25, 0.3) is 0 Å². The molecule has 3 rings (SSSR count). The zero-order valence-corrected chi connectivity index (χ0v) is 16.4. The van der Waals surface area contributed by atoms with Crippen LogP contribution in [0.25, 0.3) is 0 Å². The minimum atomic E-state index is 0.251. The molecule has 1 aliphatic carbocycles. The predicted molar refractivity (Wildman–Crippen MR) is 109 cm³/mol. The molecule has 0 radical (unpaired) electrons. The average molecular weight is 358 g/mol. The van der Waals surface area contributed by atoms with Gasteiger partial charge in [0.15, 0.2) is 0 Å². The van der Waals surface area contributed by atoms with Gasteiger partial charge in [-0.2, -0.15) is 0 Å². The lowest BCUT2D eigenvalue weighted by Gasteiger charge is -2.36. The Kier molecular flexibility index (Phi) is 7.36. The van der Waals surface area contributed by atoms with Crippen LogP contribution in [0.2, 0.25) is 0 Å². The van der Waals surface area contributed by atoms with Crippen molar-refractivity contribution in [1.29, 1.82) is 0 Å². The second-order valence-electron chi connectivity index (χ2n) is 8.06. The molecule has 0 bridgehead atoms. The number of hydrogen-bond donors (Lipinski definition) is 1. The molecule has 2 aliphatic rings. The number of anilines is 1. The highest BCUT2D eigenvalue weighted by Crippen LogP contribution is 2.28. The van der Waals surface area contributed by atoms with Gasteiger partial charge in [-0.1, -0.05) is 37.8 Å². The maximum Gasteiger partial charge on any atom is 0.220 e. The van der Waals surface area contributed by atoms with Crippen LogP contribution in [-0.2, 0) is 4.79 Å². The first-order valence-electron chi connectivity index (χ1n) is 10.5. The molecule has 1 saturated carbocycles. The summed E-state index contributed by atoms with van der Waals surface area (Å²) in [7, 11) is 0. The van der Waals surface area contributed by atoms with Gasteiger partial charge in [-0.3, -0.25) is 9.69 Å². The quantitative estimate of drug-likeness (QED) is 0.722. The van der Waals surface area contributed by atoms with Crippen molar-refractivity contribution in [2.45, 2.75) is 51.9 Å². The molecule has 0 atom stereocenters. The van der Waals surface area contributed by atoms with E-state index in [1.807, 2.05) is 0 Å². The number of benzene rings is 1. The van der Waals surface area contributed by atoms with E-state index in [0.29, 0.717) is 0 Å². The molecule has 2 fully saturated rings. The summed E-state index contributed by atoms with van der Waals surface area (Å²) in [6, 6.07) is 8.79. The van der Waals surface area contributed by atoms with Crippen LogP contribution < -0.4 is 10.2 Å². The predicted octanol–water partition coefficient (Wildman–Crippen LogP) is 3.59. The highest BCUT2D eigenvalue weighted by Gasteiger charge is 2.18. The molecule has 0 spiro atoms. The Labute approximate surface area is 158 Å². The van der Waals surface area contributed by atoms with E-state index in [1.54, 1.807) is 0 Å². The Morgan fingerprint density at radius 3 is 2.65 bits per heavy atom. The third kappa shape index (κ3) is 6.01. The third-order valence-corrected chi connectivity index (χ3v) is 5.97. The number of nitrogens with zero attached hydrogens (tertiary/aromatic N) is 2. The highest BCUT2D eigenvalue weighted by molar-refractivity contribution is 5.75. The molecule has 4 heteroatoms. The molecule has 1 aliphatic heterocycles. The topological polar surface area (TPSA) is 35.6 Å². The summed E-state index contributed by atoms with van der Waals surface area (Å²) in [5.74, 6) is 1.06. The Hall–Kier alpha value is -1.55. The number of carbonyl (C=O) groups excluding carboxylic acids is 1. The summed E-state index contributed by atoms with van der Waals surface area (Å²) in [5.41, 5.74) is 2.67. The summed E-state index contributed by atoms with van der Waals surface area (Å²) in [6.07, 6.45) is 8.27. The van der Waals surface area contributed by atoms with Crippen molar-refractivity contribution in [3.8, 4) is 0 Å². The van der Waals surface area contributed by atoms with Crippen LogP contribution in [0.15, 0.2) is 24.3 Å². The van der Waals surface area contributed by atoms with Gasteiger partial charge < -0.3 is 10.2 Å². The number of carbonyl (C=O) groups is 1. The van der Waals surface area contributed by atoms with Crippen LogP contribution in [0.5, 0.6) is 0 Å². The molecule has 1 aromatic carbocycles. The van der Waals surface area contributed by atoms with Crippen molar-refractivity contribution >= 4 is 11.6 Å². The number of rotatable bonds is 8. The summed E-state index contributed by atoms with van der Waals surface area (Å²) in [4.78, 5) is 17.0. The minimum absolute atomic E-state index is 0.251. The highest BCUT2D eigenvalue weighted by atomic mass is 16.1. The molecule has 1 aromatic rings. The monoisotopic (exact) mass is 357 g/mol. The van der Waals surface area contributed by atoms with Crippen LogP contribution in [0.3, 0.4) is 0 Å². The van der Waals surface area contributed by atoms with E-state index >= 15 is 0 Å². The Morgan fingerprint density at radius 1 is 1.15 bits per heavy atom. The van der Waals surface area contributed by atoms with Gasteiger partial charge in [-0.05, 0) is 49.9 Å². The van der Waals surface area contributed by atoms with E-state index in [1.165, 1.54) is 36.9 Å². The minimum Gasteiger partial charge on any atom is -0.369 e. The van der Waals surface area contributed by atoms with Gasteiger partial charge in [-0.25, -0.2) is 0 Å². The maximum atomic E-state index is 11.9. The first-order chi connectivity index (χ1) is 12.7. The van der Waals surface area contributed by atoms with Crippen LogP contribution in [0.4, 0.5) is 5.69 Å². The van der Waals surface area contributed by atoms with Crippen molar-refractivity contribution in [2.75, 3.05) is 44.2 Å². The van der Waals surface area contributed by atoms with Gasteiger partial charge in [0.05, 0.1) is 0 Å². The molecule has 144 valence electrons. The number of piperazine rings is 1. The van der Waals surface area contributed by atoms with E-state index in [-0.39, 0.29) is 5.91 Å². The van der Waals surface area contributed by atoms with Crippen molar-refractivity contribution < 1.29 is 4.79 Å². The number of amides is 1. The average Bonchev–Trinajstić information content (AvgIpc) is 3.18. The standard InChI is InChI=1S/C22H35N3O/c1-19-6-4-9-21(18-19)25-16-14-24(15-17-25)13-5-12-23-22(26)11-10-20-7-2-3-8-20/h4,6,9,18,20H,2-3,5,7-8,10-17H2,1H3,(H,23,26). The van der Waals surface area contributed by atoms with Crippen molar-refractivity contribution in [3.63, 3.8) is 0 Å². The van der Waals surface area contributed by atoms with Gasteiger partial charge in [0, 0.05) is 44.8 Å². The largest absolute Gasteiger partial charge is 0.369 e. The first kappa shape index (κ1) is 19.2. The SMILES string of the molecule is Cc1cccc(N2CCN(CCCNC(=O)CCC3CCCC3)CC2)c1. The van der Waals surface area contributed by atoms with Crippen molar-refractivity contribution in [3.05, 3.63) is 29.8 Å². The number of aryl methyl sites for hydroxylation is 1. The van der Waals surface area contributed by atoms with Crippen LogP contribution in [0, 0.1) is 12.8 Å². The zero-order valence-electron chi connectivity index (χ0n) is 16.4. The van der Waals surface area contributed by atoms with Gasteiger partial charge in [0.2, 0.25) is 5.91 Å². The van der Waals surface area contributed by atoms with Crippen molar-refractivity contribution in [1.82, 2.24) is 10.2 Å². The van der Waals surface area contributed by atoms with Gasteiger partial charge >= 0.3 is 0 Å². The fraction of sp³-hybridized carbons (Fsp3) is 0.682. The second-order valence-corrected chi connectivity index (χ2v) is 8.06. The van der Waals surface area contributed by atoms with Crippen LogP contribution in [-0.4, -0.2) is 50.1 Å². The van der Waals surface area contributed by atoms with E-state index in [9.17, 15) is 4.79 Å². The molecule has 1 amide bonds. The fourth-order valence-electron chi connectivity index (χ4n) is 4.31. The maximum absolute atomic E-state index is 11.9. The molecule has 1 saturated heterocycles. The normalized spacial score (nSPS) is 19.0.